The molecule has 94 valence electrons. The number of hydrogen-bond acceptors (Lipinski definition) is 4. The fourth-order valence-electron chi connectivity index (χ4n) is 1.19. The summed E-state index contributed by atoms with van der Waals surface area (Å²) in [5.41, 5.74) is 0.816. The molecule has 0 unspecified atom stereocenters. The third-order valence-corrected chi connectivity index (χ3v) is 2.10. The van der Waals surface area contributed by atoms with Gasteiger partial charge in [0.25, 0.3) is 0 Å². The Labute approximate surface area is 102 Å². The minimum Gasteiger partial charge on any atom is -0.481 e. The molecule has 0 aliphatic carbocycles. The van der Waals surface area contributed by atoms with Crippen molar-refractivity contribution in [2.45, 2.75) is 13.8 Å². The van der Waals surface area contributed by atoms with E-state index in [0.717, 1.165) is 5.69 Å². The van der Waals surface area contributed by atoms with Crippen LogP contribution in [0.4, 0.5) is 5.69 Å². The highest BCUT2D eigenvalue weighted by molar-refractivity contribution is 5.80. The van der Waals surface area contributed by atoms with Crippen molar-refractivity contribution in [3.8, 4) is 5.88 Å². The fourth-order valence-corrected chi connectivity index (χ4v) is 1.19. The Kier molecular flexibility index (Phi) is 5.26. The monoisotopic (exact) mass is 237 g/mol. The average molecular weight is 237 g/mol. The number of nitrogens with zero attached hydrogens (tertiary/aromatic N) is 1. The van der Waals surface area contributed by atoms with Gasteiger partial charge < -0.3 is 15.4 Å². The van der Waals surface area contributed by atoms with E-state index in [9.17, 15) is 4.79 Å². The van der Waals surface area contributed by atoms with E-state index in [1.54, 1.807) is 25.4 Å². The molecule has 1 amide bonds. The van der Waals surface area contributed by atoms with E-state index in [1.807, 2.05) is 0 Å². The summed E-state index contributed by atoms with van der Waals surface area (Å²) in [4.78, 5) is 15.4. The normalized spacial score (nSPS) is 10.1. The summed E-state index contributed by atoms with van der Waals surface area (Å²) in [5, 5.41) is 5.84. The molecular weight excluding hydrogens is 218 g/mol. The molecular formula is C12H19N3O2. The van der Waals surface area contributed by atoms with E-state index in [4.69, 9.17) is 4.74 Å². The molecule has 0 atom stereocenters. The number of anilines is 1. The first kappa shape index (κ1) is 13.3. The molecule has 1 heterocycles. The highest BCUT2D eigenvalue weighted by Gasteiger charge is 2.02. The van der Waals surface area contributed by atoms with Gasteiger partial charge in [0.15, 0.2) is 0 Å². The zero-order valence-electron chi connectivity index (χ0n) is 10.5. The van der Waals surface area contributed by atoms with Crippen LogP contribution < -0.4 is 15.4 Å². The number of pyridine rings is 1. The maximum Gasteiger partial charge on any atom is 0.239 e. The summed E-state index contributed by atoms with van der Waals surface area (Å²) >= 11 is 0. The molecule has 1 aromatic heterocycles. The summed E-state index contributed by atoms with van der Waals surface area (Å²) in [6, 6.07) is 3.54. The second-order valence-electron chi connectivity index (χ2n) is 4.14. The highest BCUT2D eigenvalue weighted by atomic mass is 16.5. The van der Waals surface area contributed by atoms with Crippen LogP contribution in [0.15, 0.2) is 18.3 Å². The SMILES string of the molecule is COc1cc(NCC(=O)NCC(C)C)ccn1. The molecule has 0 aromatic carbocycles. The van der Waals surface area contributed by atoms with E-state index in [-0.39, 0.29) is 12.5 Å². The molecule has 0 aliphatic rings. The lowest BCUT2D eigenvalue weighted by atomic mass is 10.2. The number of amides is 1. The van der Waals surface area contributed by atoms with Gasteiger partial charge in [-0.05, 0) is 12.0 Å². The zero-order valence-corrected chi connectivity index (χ0v) is 10.5. The Bertz CT molecular complexity index is 367. The molecule has 5 heteroatoms. The van der Waals surface area contributed by atoms with Gasteiger partial charge in [-0.1, -0.05) is 13.8 Å². The number of carbonyl (C=O) groups excluding carboxylic acids is 1. The van der Waals surface area contributed by atoms with Crippen molar-refractivity contribution in [2.24, 2.45) is 5.92 Å². The maximum absolute atomic E-state index is 11.5. The predicted molar refractivity (Wildman–Crippen MR) is 67.1 cm³/mol. The highest BCUT2D eigenvalue weighted by Crippen LogP contribution is 2.12. The van der Waals surface area contributed by atoms with Crippen molar-refractivity contribution in [1.29, 1.82) is 0 Å². The van der Waals surface area contributed by atoms with E-state index in [1.165, 1.54) is 0 Å². The second kappa shape index (κ2) is 6.73. The van der Waals surface area contributed by atoms with Gasteiger partial charge >= 0.3 is 0 Å². The minimum absolute atomic E-state index is 0.0190. The summed E-state index contributed by atoms with van der Waals surface area (Å²) in [6.07, 6.45) is 1.63. The maximum atomic E-state index is 11.5. The van der Waals surface area contributed by atoms with Crippen molar-refractivity contribution in [1.82, 2.24) is 10.3 Å². The molecule has 0 spiro atoms. The van der Waals surface area contributed by atoms with E-state index >= 15 is 0 Å². The lowest BCUT2D eigenvalue weighted by Gasteiger charge is -2.09. The van der Waals surface area contributed by atoms with Gasteiger partial charge in [0.1, 0.15) is 0 Å². The Hall–Kier alpha value is -1.78. The van der Waals surface area contributed by atoms with Crippen molar-refractivity contribution in [3.63, 3.8) is 0 Å². The van der Waals surface area contributed by atoms with Crippen LogP contribution >= 0.6 is 0 Å². The molecule has 0 radical (unpaired) electrons. The lowest BCUT2D eigenvalue weighted by Crippen LogP contribution is -2.32. The topological polar surface area (TPSA) is 63.2 Å². The van der Waals surface area contributed by atoms with Crippen molar-refractivity contribution < 1.29 is 9.53 Å². The number of methoxy groups -OCH3 is 1. The third kappa shape index (κ3) is 5.19. The van der Waals surface area contributed by atoms with Gasteiger partial charge in [0.2, 0.25) is 11.8 Å². The number of ether oxygens (including phenoxy) is 1. The van der Waals surface area contributed by atoms with Gasteiger partial charge in [-0.25, -0.2) is 4.98 Å². The number of hydrogen-bond donors (Lipinski definition) is 2. The van der Waals surface area contributed by atoms with Gasteiger partial charge in [0, 0.05) is 24.5 Å². The predicted octanol–water partition coefficient (Wildman–Crippen LogP) is 1.27. The fraction of sp³-hybridized carbons (Fsp3) is 0.500. The number of rotatable bonds is 6. The van der Waals surface area contributed by atoms with Crippen molar-refractivity contribution in [2.75, 3.05) is 25.5 Å². The van der Waals surface area contributed by atoms with Crippen molar-refractivity contribution >= 4 is 11.6 Å². The summed E-state index contributed by atoms with van der Waals surface area (Å²) in [7, 11) is 1.56. The standard InChI is InChI=1S/C12H19N3O2/c1-9(2)7-15-11(16)8-14-10-4-5-13-12(6-10)17-3/h4-6,9H,7-8H2,1-3H3,(H,13,14)(H,15,16). The van der Waals surface area contributed by atoms with Gasteiger partial charge in [-0.3, -0.25) is 4.79 Å². The van der Waals surface area contributed by atoms with Crippen LogP contribution in [0.25, 0.3) is 0 Å². The first-order chi connectivity index (χ1) is 8.11. The first-order valence-electron chi connectivity index (χ1n) is 5.62. The quantitative estimate of drug-likeness (QED) is 0.782. The number of aromatic nitrogens is 1. The van der Waals surface area contributed by atoms with Crippen LogP contribution in [0.3, 0.4) is 0 Å². The first-order valence-corrected chi connectivity index (χ1v) is 5.62. The molecule has 1 aromatic rings. The van der Waals surface area contributed by atoms with Crippen LogP contribution in [0.2, 0.25) is 0 Å². The average Bonchev–Trinajstić information content (AvgIpc) is 2.34. The van der Waals surface area contributed by atoms with E-state index in [0.29, 0.717) is 18.3 Å². The van der Waals surface area contributed by atoms with E-state index < -0.39 is 0 Å². The van der Waals surface area contributed by atoms with Crippen LogP contribution in [0.5, 0.6) is 5.88 Å². The van der Waals surface area contributed by atoms with E-state index in [2.05, 4.69) is 29.5 Å². The van der Waals surface area contributed by atoms with Crippen molar-refractivity contribution in [3.05, 3.63) is 18.3 Å². The summed E-state index contributed by atoms with van der Waals surface area (Å²) in [6.45, 7) is 5.06. The molecule has 0 aliphatic heterocycles. The smallest absolute Gasteiger partial charge is 0.239 e. The Morgan fingerprint density at radius 3 is 2.94 bits per heavy atom. The number of carbonyl (C=O) groups is 1. The second-order valence-corrected chi connectivity index (χ2v) is 4.14. The van der Waals surface area contributed by atoms with Gasteiger partial charge in [0.05, 0.1) is 13.7 Å². The largest absolute Gasteiger partial charge is 0.481 e. The molecule has 2 N–H and O–H groups in total. The van der Waals surface area contributed by atoms with Crippen LogP contribution in [-0.4, -0.2) is 31.1 Å². The molecule has 0 saturated carbocycles. The molecule has 17 heavy (non-hydrogen) atoms. The van der Waals surface area contributed by atoms with Crippen LogP contribution in [0, 0.1) is 5.92 Å². The molecule has 5 nitrogen and oxygen atoms in total. The van der Waals surface area contributed by atoms with Gasteiger partial charge in [-0.15, -0.1) is 0 Å². The molecule has 0 saturated heterocycles. The van der Waals surface area contributed by atoms with Crippen LogP contribution in [0.1, 0.15) is 13.8 Å². The Morgan fingerprint density at radius 1 is 1.53 bits per heavy atom. The van der Waals surface area contributed by atoms with Crippen LogP contribution in [-0.2, 0) is 4.79 Å². The zero-order chi connectivity index (χ0) is 12.7. The Morgan fingerprint density at radius 2 is 2.29 bits per heavy atom. The summed E-state index contributed by atoms with van der Waals surface area (Å²) < 4.78 is 4.99. The Balaban J connectivity index is 2.36. The molecule has 0 bridgehead atoms. The number of nitrogens with one attached hydrogen (secondary N) is 2. The summed E-state index contributed by atoms with van der Waals surface area (Å²) in [5.74, 6) is 0.965. The molecule has 1 rings (SSSR count). The lowest BCUT2D eigenvalue weighted by molar-refractivity contribution is -0.119. The minimum atomic E-state index is -0.0190. The van der Waals surface area contributed by atoms with Gasteiger partial charge in [-0.2, -0.15) is 0 Å². The third-order valence-electron chi connectivity index (χ3n) is 2.10. The molecule has 0 fully saturated rings.